The Balaban J connectivity index is 1.69. The molecule has 84 valence electrons. The maximum absolute atomic E-state index is 10.5. The minimum Gasteiger partial charge on any atom is -0.478 e. The zero-order chi connectivity index (χ0) is 10.8. The molecule has 0 amide bonds. The Kier molecular flexibility index (Phi) is 2.95. The Bertz CT molecular complexity index is 288. The summed E-state index contributed by atoms with van der Waals surface area (Å²) in [6.07, 6.45) is 6.10. The number of nitrogens with one attached hydrogen (secondary N) is 1. The molecule has 15 heavy (non-hydrogen) atoms. The van der Waals surface area contributed by atoms with Crippen LogP contribution in [0.1, 0.15) is 26.2 Å². The second kappa shape index (κ2) is 4.23. The highest BCUT2D eigenvalue weighted by Crippen LogP contribution is 2.38. The molecule has 4 heteroatoms. The summed E-state index contributed by atoms with van der Waals surface area (Å²) in [5.41, 5.74) is 0.353. The van der Waals surface area contributed by atoms with Crippen LogP contribution in [-0.4, -0.2) is 29.8 Å². The van der Waals surface area contributed by atoms with E-state index in [1.54, 1.807) is 13.1 Å². The van der Waals surface area contributed by atoms with E-state index in [9.17, 15) is 4.79 Å². The lowest BCUT2D eigenvalue weighted by molar-refractivity contribution is -0.132. The van der Waals surface area contributed by atoms with E-state index in [0.717, 1.165) is 13.0 Å². The van der Waals surface area contributed by atoms with Gasteiger partial charge in [0.15, 0.2) is 0 Å². The van der Waals surface area contributed by atoms with Crippen molar-refractivity contribution in [3.8, 4) is 0 Å². The van der Waals surface area contributed by atoms with E-state index >= 15 is 0 Å². The van der Waals surface area contributed by atoms with Crippen molar-refractivity contribution in [2.45, 2.75) is 38.4 Å². The van der Waals surface area contributed by atoms with Gasteiger partial charge in [-0.3, -0.25) is 0 Å². The van der Waals surface area contributed by atoms with Gasteiger partial charge in [0.1, 0.15) is 0 Å². The first-order valence-corrected chi connectivity index (χ1v) is 5.45. The maximum atomic E-state index is 10.5. The molecule has 0 bridgehead atoms. The van der Waals surface area contributed by atoms with Crippen molar-refractivity contribution in [3.63, 3.8) is 0 Å². The average Bonchev–Trinajstić information content (AvgIpc) is 2.95. The van der Waals surface area contributed by atoms with Crippen molar-refractivity contribution in [2.24, 2.45) is 5.92 Å². The summed E-state index contributed by atoms with van der Waals surface area (Å²) in [6, 6.07) is 0. The van der Waals surface area contributed by atoms with Crippen LogP contribution >= 0.6 is 0 Å². The molecule has 0 aromatic carbocycles. The standard InChI is InChI=1S/C11H17NO3/c1-7(11(13)14)5-12-6-8-2-3-9-10(4-8)15-9/h5,8-10,12H,2-4,6H2,1H3,(H,13,14). The number of hydrogen-bond acceptors (Lipinski definition) is 3. The zero-order valence-electron chi connectivity index (χ0n) is 8.90. The van der Waals surface area contributed by atoms with Crippen LogP contribution in [-0.2, 0) is 9.53 Å². The van der Waals surface area contributed by atoms with E-state index in [4.69, 9.17) is 9.84 Å². The van der Waals surface area contributed by atoms with Gasteiger partial charge < -0.3 is 15.2 Å². The Morgan fingerprint density at radius 1 is 1.53 bits per heavy atom. The molecular formula is C11H17NO3. The number of hydrogen-bond donors (Lipinski definition) is 2. The topological polar surface area (TPSA) is 61.9 Å². The van der Waals surface area contributed by atoms with Crippen LogP contribution in [0.15, 0.2) is 11.8 Å². The highest BCUT2D eigenvalue weighted by Gasteiger charge is 2.43. The number of carboxylic acid groups (broad SMARTS) is 1. The fourth-order valence-corrected chi connectivity index (χ4v) is 2.11. The molecule has 0 aromatic rings. The maximum Gasteiger partial charge on any atom is 0.332 e. The molecule has 2 rings (SSSR count). The molecular weight excluding hydrogens is 194 g/mol. The highest BCUT2D eigenvalue weighted by molar-refractivity contribution is 5.85. The molecule has 1 aliphatic carbocycles. The van der Waals surface area contributed by atoms with Crippen molar-refractivity contribution in [3.05, 3.63) is 11.8 Å². The van der Waals surface area contributed by atoms with Gasteiger partial charge in [-0.15, -0.1) is 0 Å². The number of rotatable bonds is 4. The number of ether oxygens (including phenoxy) is 1. The third kappa shape index (κ3) is 2.72. The van der Waals surface area contributed by atoms with Gasteiger partial charge in [-0.05, 0) is 32.1 Å². The van der Waals surface area contributed by atoms with Crippen molar-refractivity contribution >= 4 is 5.97 Å². The summed E-state index contributed by atoms with van der Waals surface area (Å²) in [7, 11) is 0. The molecule has 4 nitrogen and oxygen atoms in total. The first-order valence-electron chi connectivity index (χ1n) is 5.45. The Hall–Kier alpha value is -1.03. The van der Waals surface area contributed by atoms with Crippen LogP contribution in [0.3, 0.4) is 0 Å². The second-order valence-electron chi connectivity index (χ2n) is 4.43. The van der Waals surface area contributed by atoms with E-state index in [-0.39, 0.29) is 0 Å². The number of carbonyl (C=O) groups is 1. The first-order chi connectivity index (χ1) is 7.16. The Morgan fingerprint density at radius 3 is 3.00 bits per heavy atom. The summed E-state index contributed by atoms with van der Waals surface area (Å²) in [5, 5.41) is 11.7. The van der Waals surface area contributed by atoms with Crippen LogP contribution in [0.5, 0.6) is 0 Å². The molecule has 0 spiro atoms. The Morgan fingerprint density at radius 2 is 2.33 bits per heavy atom. The molecule has 3 atom stereocenters. The van der Waals surface area contributed by atoms with Crippen molar-refractivity contribution in [1.82, 2.24) is 5.32 Å². The van der Waals surface area contributed by atoms with Gasteiger partial charge in [-0.2, -0.15) is 0 Å². The number of fused-ring (bicyclic) bond motifs is 1. The molecule has 1 aliphatic heterocycles. The van der Waals surface area contributed by atoms with Crippen molar-refractivity contribution < 1.29 is 14.6 Å². The van der Waals surface area contributed by atoms with Gasteiger partial charge in [0.2, 0.25) is 0 Å². The van der Waals surface area contributed by atoms with E-state index in [1.165, 1.54) is 12.8 Å². The summed E-state index contributed by atoms with van der Waals surface area (Å²) >= 11 is 0. The SMILES string of the molecule is CC(=CNCC1CCC2OC2C1)C(=O)O. The van der Waals surface area contributed by atoms with Crippen LogP contribution in [0.4, 0.5) is 0 Å². The van der Waals surface area contributed by atoms with Crippen LogP contribution in [0.2, 0.25) is 0 Å². The molecule has 1 saturated heterocycles. The molecule has 2 fully saturated rings. The van der Waals surface area contributed by atoms with E-state index in [1.807, 2.05) is 0 Å². The van der Waals surface area contributed by atoms with E-state index in [2.05, 4.69) is 5.32 Å². The smallest absolute Gasteiger partial charge is 0.332 e. The number of carboxylic acids is 1. The summed E-state index contributed by atoms with van der Waals surface area (Å²) < 4.78 is 5.44. The molecule has 2 aliphatic rings. The quantitative estimate of drug-likeness (QED) is 0.540. The molecule has 2 N–H and O–H groups in total. The molecule has 1 heterocycles. The summed E-state index contributed by atoms with van der Waals surface area (Å²) in [5.74, 6) is -0.233. The number of aliphatic carboxylic acids is 1. The van der Waals surface area contributed by atoms with Crippen LogP contribution < -0.4 is 5.32 Å². The van der Waals surface area contributed by atoms with Gasteiger partial charge in [0.25, 0.3) is 0 Å². The van der Waals surface area contributed by atoms with Crippen LogP contribution in [0.25, 0.3) is 0 Å². The molecule has 1 saturated carbocycles. The summed E-state index contributed by atoms with van der Waals surface area (Å²) in [4.78, 5) is 10.5. The van der Waals surface area contributed by atoms with Crippen LogP contribution in [0, 0.1) is 5.92 Å². The first kappa shape index (κ1) is 10.5. The monoisotopic (exact) mass is 211 g/mol. The third-order valence-corrected chi connectivity index (χ3v) is 3.18. The summed E-state index contributed by atoms with van der Waals surface area (Å²) in [6.45, 7) is 2.45. The van der Waals surface area contributed by atoms with E-state index in [0.29, 0.717) is 23.7 Å². The molecule has 3 unspecified atom stereocenters. The minimum absolute atomic E-state index is 0.353. The van der Waals surface area contributed by atoms with E-state index < -0.39 is 5.97 Å². The van der Waals surface area contributed by atoms with Gasteiger partial charge >= 0.3 is 5.97 Å². The normalized spacial score (nSPS) is 34.5. The Labute approximate surface area is 89.3 Å². The van der Waals surface area contributed by atoms with Crippen molar-refractivity contribution in [1.29, 1.82) is 0 Å². The fourth-order valence-electron chi connectivity index (χ4n) is 2.11. The van der Waals surface area contributed by atoms with Gasteiger partial charge in [-0.1, -0.05) is 0 Å². The van der Waals surface area contributed by atoms with Gasteiger partial charge in [-0.25, -0.2) is 4.79 Å². The largest absolute Gasteiger partial charge is 0.478 e. The van der Waals surface area contributed by atoms with Gasteiger partial charge in [0, 0.05) is 18.3 Å². The molecule has 0 aromatic heterocycles. The predicted molar refractivity (Wildman–Crippen MR) is 55.4 cm³/mol. The number of epoxide rings is 1. The zero-order valence-corrected chi connectivity index (χ0v) is 8.90. The predicted octanol–water partition coefficient (Wildman–Crippen LogP) is 1.13. The van der Waals surface area contributed by atoms with Crippen molar-refractivity contribution in [2.75, 3.05) is 6.54 Å². The fraction of sp³-hybridized carbons (Fsp3) is 0.727. The van der Waals surface area contributed by atoms with Gasteiger partial charge in [0.05, 0.1) is 12.2 Å². The molecule has 0 radical (unpaired) electrons. The lowest BCUT2D eigenvalue weighted by Crippen LogP contribution is -2.24. The highest BCUT2D eigenvalue weighted by atomic mass is 16.6. The minimum atomic E-state index is -0.864. The average molecular weight is 211 g/mol. The second-order valence-corrected chi connectivity index (χ2v) is 4.43. The lowest BCUT2D eigenvalue weighted by Gasteiger charge is -2.18. The lowest BCUT2D eigenvalue weighted by atomic mass is 9.89. The third-order valence-electron chi connectivity index (χ3n) is 3.18.